The Labute approximate surface area is 192 Å². The average Bonchev–Trinajstić information content (AvgIpc) is 2.83. The fraction of sp³-hybridized carbons (Fsp3) is 0.0800. The van der Waals surface area contributed by atoms with Crippen LogP contribution in [0.15, 0.2) is 82.7 Å². The van der Waals surface area contributed by atoms with Crippen molar-refractivity contribution in [3.63, 3.8) is 0 Å². The molecule has 0 saturated carbocycles. The van der Waals surface area contributed by atoms with E-state index >= 15 is 0 Å². The first-order chi connectivity index (χ1) is 15.6. The van der Waals surface area contributed by atoms with Crippen molar-refractivity contribution in [2.24, 2.45) is 0 Å². The van der Waals surface area contributed by atoms with Crippen molar-refractivity contribution in [3.8, 4) is 22.4 Å². The van der Waals surface area contributed by atoms with Crippen molar-refractivity contribution >= 4 is 44.7 Å². The molecule has 0 fully saturated rings. The molecule has 158 valence electrons. The molecule has 7 heteroatoms. The zero-order chi connectivity index (χ0) is 22.2. The van der Waals surface area contributed by atoms with Crippen LogP contribution in [0, 0.1) is 0 Å². The fourth-order valence-corrected chi connectivity index (χ4v) is 4.89. The number of halogens is 1. The monoisotopic (exact) mass is 459 g/mol. The van der Waals surface area contributed by atoms with Crippen molar-refractivity contribution in [2.75, 3.05) is 5.75 Å². The quantitative estimate of drug-likeness (QED) is 0.355. The Bertz CT molecular complexity index is 1520. The van der Waals surface area contributed by atoms with Gasteiger partial charge in [0.15, 0.2) is 0 Å². The van der Waals surface area contributed by atoms with Gasteiger partial charge in [-0.15, -0.1) is 0 Å². The highest BCUT2D eigenvalue weighted by Crippen LogP contribution is 2.36. The Kier molecular flexibility index (Phi) is 5.43. The van der Waals surface area contributed by atoms with Gasteiger partial charge in [-0.25, -0.2) is 4.98 Å². The molecule has 0 saturated heterocycles. The number of rotatable bonds is 4. The summed E-state index contributed by atoms with van der Waals surface area (Å²) in [7, 11) is 0. The lowest BCUT2D eigenvalue weighted by Gasteiger charge is -2.13. The maximum Gasteiger partial charge on any atom is 0.245 e. The summed E-state index contributed by atoms with van der Waals surface area (Å²) in [5.74, 6) is 0.365. The predicted molar refractivity (Wildman–Crippen MR) is 130 cm³/mol. The number of hydrogen-bond donors (Lipinski definition) is 1. The summed E-state index contributed by atoms with van der Waals surface area (Å²) in [5.41, 5.74) is 4.10. The SMILES string of the molecule is CC[S+]([O-])c1c[nH]c2nc(-c3ccccc3)c(-c3cc(Cl)c4ncccc4c3)cc2c1=O. The van der Waals surface area contributed by atoms with Gasteiger partial charge in [0.2, 0.25) is 10.3 Å². The molecule has 0 spiro atoms. The molecular weight excluding hydrogens is 442 g/mol. The van der Waals surface area contributed by atoms with E-state index in [1.165, 1.54) is 6.20 Å². The zero-order valence-corrected chi connectivity index (χ0v) is 18.7. The predicted octanol–water partition coefficient (Wildman–Crippen LogP) is 5.59. The summed E-state index contributed by atoms with van der Waals surface area (Å²) in [5, 5.41) is 1.80. The van der Waals surface area contributed by atoms with Crippen LogP contribution in [0.4, 0.5) is 0 Å². The molecule has 0 radical (unpaired) electrons. The number of nitrogens with zero attached hydrogens (tertiary/aromatic N) is 2. The van der Waals surface area contributed by atoms with Gasteiger partial charge in [-0.1, -0.05) is 48.0 Å². The summed E-state index contributed by atoms with van der Waals surface area (Å²) in [6.07, 6.45) is 3.21. The second kappa shape index (κ2) is 8.39. The third-order valence-corrected chi connectivity index (χ3v) is 6.96. The number of fused-ring (bicyclic) bond motifs is 2. The van der Waals surface area contributed by atoms with Gasteiger partial charge < -0.3 is 9.54 Å². The molecule has 3 aromatic heterocycles. The van der Waals surface area contributed by atoms with Gasteiger partial charge in [0, 0.05) is 22.7 Å². The van der Waals surface area contributed by atoms with Gasteiger partial charge in [0.05, 0.1) is 27.8 Å². The van der Waals surface area contributed by atoms with E-state index in [-0.39, 0.29) is 10.3 Å². The number of hydrogen-bond acceptors (Lipinski definition) is 4. The number of aromatic amines is 1. The maximum absolute atomic E-state index is 13.2. The minimum absolute atomic E-state index is 0.251. The van der Waals surface area contributed by atoms with E-state index in [0.717, 1.165) is 27.8 Å². The van der Waals surface area contributed by atoms with Crippen LogP contribution >= 0.6 is 11.6 Å². The number of nitrogens with one attached hydrogen (secondary N) is 1. The molecule has 1 atom stereocenters. The van der Waals surface area contributed by atoms with E-state index < -0.39 is 11.2 Å². The molecule has 5 rings (SSSR count). The standard InChI is InChI=1S/C25H18ClN3O2S/c1-2-32(31)21-14-28-25-19(24(21)30)13-18(22(29-25)15-7-4-3-5-8-15)17-11-16-9-6-10-27-23(16)20(26)12-17/h3-14H,2H2,1H3,(H,28,29,30). The Morgan fingerprint density at radius 3 is 2.66 bits per heavy atom. The molecule has 1 N–H and O–H groups in total. The molecule has 0 amide bonds. The van der Waals surface area contributed by atoms with Crippen LogP contribution in [-0.4, -0.2) is 25.3 Å². The summed E-state index contributed by atoms with van der Waals surface area (Å²) in [4.78, 5) is 25.6. The molecule has 5 aromatic rings. The normalized spacial score (nSPS) is 12.3. The van der Waals surface area contributed by atoms with Gasteiger partial charge in [-0.3, -0.25) is 9.78 Å². The van der Waals surface area contributed by atoms with E-state index in [1.807, 2.05) is 60.7 Å². The van der Waals surface area contributed by atoms with Gasteiger partial charge in [-0.05, 0) is 47.9 Å². The molecule has 32 heavy (non-hydrogen) atoms. The molecule has 5 nitrogen and oxygen atoms in total. The molecule has 0 aliphatic rings. The lowest BCUT2D eigenvalue weighted by atomic mass is 9.97. The highest BCUT2D eigenvalue weighted by atomic mass is 35.5. The van der Waals surface area contributed by atoms with Gasteiger partial charge in [-0.2, -0.15) is 0 Å². The minimum Gasteiger partial charge on any atom is -0.611 e. The summed E-state index contributed by atoms with van der Waals surface area (Å²) in [6.45, 7) is 1.78. The maximum atomic E-state index is 13.2. The molecule has 0 bridgehead atoms. The molecule has 1 unspecified atom stereocenters. The number of benzene rings is 2. The second-order valence-corrected chi connectivity index (χ2v) is 9.41. The van der Waals surface area contributed by atoms with E-state index in [1.54, 1.807) is 13.1 Å². The van der Waals surface area contributed by atoms with Crippen molar-refractivity contribution in [1.82, 2.24) is 15.0 Å². The summed E-state index contributed by atoms with van der Waals surface area (Å²) >= 11 is 5.18. The average molecular weight is 460 g/mol. The van der Waals surface area contributed by atoms with Crippen LogP contribution in [-0.2, 0) is 11.2 Å². The largest absolute Gasteiger partial charge is 0.611 e. The van der Waals surface area contributed by atoms with Crippen LogP contribution in [0.1, 0.15) is 6.92 Å². The molecular formula is C25H18ClN3O2S. The molecule has 3 heterocycles. The second-order valence-electron chi connectivity index (χ2n) is 7.30. The third kappa shape index (κ3) is 3.56. The smallest absolute Gasteiger partial charge is 0.245 e. The Morgan fingerprint density at radius 2 is 1.88 bits per heavy atom. The third-order valence-electron chi connectivity index (χ3n) is 5.35. The van der Waals surface area contributed by atoms with Crippen LogP contribution in [0.2, 0.25) is 5.02 Å². The van der Waals surface area contributed by atoms with Crippen molar-refractivity contribution in [3.05, 3.63) is 88.3 Å². The van der Waals surface area contributed by atoms with Crippen LogP contribution in [0.25, 0.3) is 44.3 Å². The Morgan fingerprint density at radius 1 is 1.06 bits per heavy atom. The van der Waals surface area contributed by atoms with Crippen molar-refractivity contribution < 1.29 is 4.55 Å². The summed E-state index contributed by atoms with van der Waals surface area (Å²) < 4.78 is 12.4. The van der Waals surface area contributed by atoms with Gasteiger partial charge >= 0.3 is 0 Å². The van der Waals surface area contributed by atoms with Gasteiger partial charge in [0.1, 0.15) is 11.4 Å². The van der Waals surface area contributed by atoms with Crippen molar-refractivity contribution in [1.29, 1.82) is 0 Å². The first kappa shape index (κ1) is 20.7. The first-order valence-electron chi connectivity index (χ1n) is 10.1. The zero-order valence-electron chi connectivity index (χ0n) is 17.1. The van der Waals surface area contributed by atoms with Crippen molar-refractivity contribution in [2.45, 2.75) is 11.8 Å². The van der Waals surface area contributed by atoms with Crippen LogP contribution in [0.5, 0.6) is 0 Å². The summed E-state index contributed by atoms with van der Waals surface area (Å²) in [6, 6.07) is 19.2. The minimum atomic E-state index is -1.37. The topological polar surface area (TPSA) is 81.7 Å². The number of pyridine rings is 3. The van der Waals surface area contributed by atoms with E-state index in [9.17, 15) is 9.35 Å². The van der Waals surface area contributed by atoms with E-state index in [0.29, 0.717) is 27.3 Å². The van der Waals surface area contributed by atoms with Gasteiger partial charge in [0.25, 0.3) is 0 Å². The Hall–Kier alpha value is -3.19. The van der Waals surface area contributed by atoms with Crippen LogP contribution in [0.3, 0.4) is 0 Å². The number of H-pyrrole nitrogens is 1. The van der Waals surface area contributed by atoms with E-state index in [2.05, 4.69) is 9.97 Å². The molecule has 0 aliphatic carbocycles. The van der Waals surface area contributed by atoms with Crippen LogP contribution < -0.4 is 5.43 Å². The molecule has 0 aliphatic heterocycles. The lowest BCUT2D eigenvalue weighted by Crippen LogP contribution is -2.18. The highest BCUT2D eigenvalue weighted by Gasteiger charge is 2.20. The first-order valence-corrected chi connectivity index (χ1v) is 11.8. The fourth-order valence-electron chi connectivity index (χ4n) is 3.79. The highest BCUT2D eigenvalue weighted by molar-refractivity contribution is 7.91. The Balaban J connectivity index is 1.85. The molecule has 2 aromatic carbocycles. The lowest BCUT2D eigenvalue weighted by molar-refractivity contribution is 0.595. The van der Waals surface area contributed by atoms with E-state index in [4.69, 9.17) is 16.6 Å². The number of aromatic nitrogens is 3.